The van der Waals surface area contributed by atoms with Gasteiger partial charge in [0.15, 0.2) is 5.82 Å². The maximum atomic E-state index is 5.91. The van der Waals surface area contributed by atoms with E-state index in [1.165, 1.54) is 0 Å². The maximum absolute atomic E-state index is 5.91. The molecule has 2 N–H and O–H groups in total. The molecule has 18 heavy (non-hydrogen) atoms. The van der Waals surface area contributed by atoms with E-state index in [4.69, 9.17) is 10.5 Å². The summed E-state index contributed by atoms with van der Waals surface area (Å²) in [5.41, 5.74) is 9.45. The van der Waals surface area contributed by atoms with Gasteiger partial charge in [0.2, 0.25) is 0 Å². The zero-order valence-electron chi connectivity index (χ0n) is 11.0. The van der Waals surface area contributed by atoms with E-state index >= 15 is 0 Å². The third-order valence-corrected chi connectivity index (χ3v) is 2.70. The first-order valence-electron chi connectivity index (χ1n) is 5.65. The fourth-order valence-corrected chi connectivity index (χ4v) is 2.02. The van der Waals surface area contributed by atoms with Crippen molar-refractivity contribution in [3.05, 3.63) is 29.1 Å². The van der Waals surface area contributed by atoms with Crippen molar-refractivity contribution < 1.29 is 4.74 Å². The molecule has 5 heteroatoms. The standard InChI is InChI=1S/C13H16N4O/c1-7-5-8(2)12(18-4)10(6-7)11-13(14)15-9(3)16-17-11/h5-6H,1-4H3,(H2,14,15,16). The highest BCUT2D eigenvalue weighted by Gasteiger charge is 2.15. The first kappa shape index (κ1) is 12.3. The van der Waals surface area contributed by atoms with Crippen molar-refractivity contribution >= 4 is 5.82 Å². The van der Waals surface area contributed by atoms with E-state index in [0.717, 1.165) is 22.4 Å². The summed E-state index contributed by atoms with van der Waals surface area (Å²) in [6.45, 7) is 5.76. The lowest BCUT2D eigenvalue weighted by Gasteiger charge is -2.13. The van der Waals surface area contributed by atoms with Crippen LogP contribution in [0.15, 0.2) is 12.1 Å². The number of nitrogen functional groups attached to an aromatic ring is 1. The molecule has 0 amide bonds. The number of nitrogens with two attached hydrogens (primary N) is 1. The van der Waals surface area contributed by atoms with Crippen LogP contribution in [0.25, 0.3) is 11.3 Å². The SMILES string of the molecule is COc1c(C)cc(C)cc1-c1nnc(C)nc1N. The van der Waals surface area contributed by atoms with Gasteiger partial charge in [0, 0.05) is 5.56 Å². The average Bonchev–Trinajstić information content (AvgIpc) is 2.28. The minimum Gasteiger partial charge on any atom is -0.496 e. The summed E-state index contributed by atoms with van der Waals surface area (Å²) in [6, 6.07) is 4.02. The van der Waals surface area contributed by atoms with E-state index < -0.39 is 0 Å². The normalized spacial score (nSPS) is 10.4. The highest BCUT2D eigenvalue weighted by atomic mass is 16.5. The summed E-state index contributed by atoms with van der Waals surface area (Å²) in [5.74, 6) is 1.68. The van der Waals surface area contributed by atoms with Crippen molar-refractivity contribution in [1.29, 1.82) is 0 Å². The van der Waals surface area contributed by atoms with Gasteiger partial charge < -0.3 is 10.5 Å². The number of benzene rings is 1. The summed E-state index contributed by atoms with van der Waals surface area (Å²) in [7, 11) is 1.63. The largest absolute Gasteiger partial charge is 0.496 e. The molecule has 1 aromatic heterocycles. The summed E-state index contributed by atoms with van der Waals surface area (Å²) >= 11 is 0. The summed E-state index contributed by atoms with van der Waals surface area (Å²) in [4.78, 5) is 4.13. The van der Waals surface area contributed by atoms with E-state index in [1.807, 2.05) is 26.0 Å². The Morgan fingerprint density at radius 3 is 2.44 bits per heavy atom. The molecule has 0 aliphatic heterocycles. The number of nitrogens with zero attached hydrogens (tertiary/aromatic N) is 3. The Morgan fingerprint density at radius 2 is 1.83 bits per heavy atom. The Hall–Kier alpha value is -2.17. The molecule has 1 heterocycles. The van der Waals surface area contributed by atoms with Crippen LogP contribution in [-0.2, 0) is 0 Å². The first-order valence-corrected chi connectivity index (χ1v) is 5.65. The highest BCUT2D eigenvalue weighted by molar-refractivity contribution is 5.76. The molecule has 2 rings (SSSR count). The van der Waals surface area contributed by atoms with E-state index in [2.05, 4.69) is 15.2 Å². The van der Waals surface area contributed by atoms with Gasteiger partial charge in [-0.2, -0.15) is 0 Å². The molecule has 0 aliphatic carbocycles. The van der Waals surface area contributed by atoms with E-state index in [-0.39, 0.29) is 0 Å². The minimum atomic E-state index is 0.366. The van der Waals surface area contributed by atoms with Crippen LogP contribution in [0.5, 0.6) is 5.75 Å². The topological polar surface area (TPSA) is 73.9 Å². The second-order valence-corrected chi connectivity index (χ2v) is 4.26. The van der Waals surface area contributed by atoms with E-state index in [1.54, 1.807) is 14.0 Å². The fourth-order valence-electron chi connectivity index (χ4n) is 2.02. The van der Waals surface area contributed by atoms with Crippen molar-refractivity contribution in [3.8, 4) is 17.0 Å². The monoisotopic (exact) mass is 244 g/mol. The molecule has 0 unspecified atom stereocenters. The van der Waals surface area contributed by atoms with Crippen molar-refractivity contribution in [2.75, 3.05) is 12.8 Å². The third kappa shape index (κ3) is 2.11. The smallest absolute Gasteiger partial charge is 0.154 e. The minimum absolute atomic E-state index is 0.366. The zero-order chi connectivity index (χ0) is 13.3. The fraction of sp³-hybridized carbons (Fsp3) is 0.308. The Balaban J connectivity index is 2.69. The van der Waals surface area contributed by atoms with Gasteiger partial charge in [-0.25, -0.2) is 4.98 Å². The predicted octanol–water partition coefficient (Wildman–Crippen LogP) is 2.05. The van der Waals surface area contributed by atoms with Gasteiger partial charge in [-0.05, 0) is 38.0 Å². The Morgan fingerprint density at radius 1 is 1.11 bits per heavy atom. The van der Waals surface area contributed by atoms with Crippen LogP contribution in [0.2, 0.25) is 0 Å². The number of anilines is 1. The number of hydrogen-bond acceptors (Lipinski definition) is 5. The number of aryl methyl sites for hydroxylation is 3. The number of rotatable bonds is 2. The molecular weight excluding hydrogens is 228 g/mol. The highest BCUT2D eigenvalue weighted by Crippen LogP contribution is 2.34. The van der Waals surface area contributed by atoms with Crippen LogP contribution < -0.4 is 10.5 Å². The molecule has 0 fully saturated rings. The summed E-state index contributed by atoms with van der Waals surface area (Å²) < 4.78 is 5.42. The molecule has 0 radical (unpaired) electrons. The van der Waals surface area contributed by atoms with Gasteiger partial charge in [0.1, 0.15) is 17.3 Å². The first-order chi connectivity index (χ1) is 8.52. The third-order valence-electron chi connectivity index (χ3n) is 2.70. The van der Waals surface area contributed by atoms with Crippen molar-refractivity contribution in [2.24, 2.45) is 0 Å². The molecule has 1 aromatic carbocycles. The quantitative estimate of drug-likeness (QED) is 0.875. The second kappa shape index (κ2) is 4.60. The number of aromatic nitrogens is 3. The van der Waals surface area contributed by atoms with Crippen molar-refractivity contribution in [2.45, 2.75) is 20.8 Å². The molecule has 0 saturated heterocycles. The molecule has 5 nitrogen and oxygen atoms in total. The molecule has 0 saturated carbocycles. The zero-order valence-corrected chi connectivity index (χ0v) is 11.0. The maximum Gasteiger partial charge on any atom is 0.154 e. The Labute approximate surface area is 106 Å². The van der Waals surface area contributed by atoms with Crippen LogP contribution in [0.1, 0.15) is 17.0 Å². The van der Waals surface area contributed by atoms with Crippen LogP contribution in [-0.4, -0.2) is 22.3 Å². The van der Waals surface area contributed by atoms with E-state index in [0.29, 0.717) is 17.3 Å². The number of ether oxygens (including phenoxy) is 1. The molecule has 94 valence electrons. The molecule has 0 aliphatic rings. The van der Waals surface area contributed by atoms with Crippen LogP contribution in [0.3, 0.4) is 0 Å². The summed E-state index contributed by atoms with van der Waals surface area (Å²) in [5, 5.41) is 8.08. The van der Waals surface area contributed by atoms with Gasteiger partial charge in [-0.15, -0.1) is 10.2 Å². The molecular formula is C13H16N4O. The molecule has 0 atom stereocenters. The lowest BCUT2D eigenvalue weighted by molar-refractivity contribution is 0.413. The van der Waals surface area contributed by atoms with Gasteiger partial charge in [0.25, 0.3) is 0 Å². The number of methoxy groups -OCH3 is 1. The predicted molar refractivity (Wildman–Crippen MR) is 70.4 cm³/mol. The van der Waals surface area contributed by atoms with Crippen LogP contribution in [0, 0.1) is 20.8 Å². The summed E-state index contributed by atoms with van der Waals surface area (Å²) in [6.07, 6.45) is 0. The Bertz CT molecular complexity index is 596. The van der Waals surface area contributed by atoms with Gasteiger partial charge in [-0.1, -0.05) is 6.07 Å². The molecule has 0 spiro atoms. The average molecular weight is 244 g/mol. The van der Waals surface area contributed by atoms with Gasteiger partial charge in [0.05, 0.1) is 7.11 Å². The van der Waals surface area contributed by atoms with Crippen molar-refractivity contribution in [3.63, 3.8) is 0 Å². The molecule has 0 bridgehead atoms. The second-order valence-electron chi connectivity index (χ2n) is 4.26. The van der Waals surface area contributed by atoms with Crippen molar-refractivity contribution in [1.82, 2.24) is 15.2 Å². The molecule has 2 aromatic rings. The van der Waals surface area contributed by atoms with Gasteiger partial charge in [-0.3, -0.25) is 0 Å². The lowest BCUT2D eigenvalue weighted by Crippen LogP contribution is -2.04. The van der Waals surface area contributed by atoms with E-state index in [9.17, 15) is 0 Å². The Kier molecular flexibility index (Phi) is 3.14. The van der Waals surface area contributed by atoms with Crippen LogP contribution >= 0.6 is 0 Å². The lowest BCUT2D eigenvalue weighted by atomic mass is 10.0. The number of hydrogen-bond donors (Lipinski definition) is 1. The van der Waals surface area contributed by atoms with Gasteiger partial charge >= 0.3 is 0 Å². The van der Waals surface area contributed by atoms with Crippen LogP contribution in [0.4, 0.5) is 5.82 Å².